The van der Waals surface area contributed by atoms with Gasteiger partial charge in [0.1, 0.15) is 10.8 Å². The number of fused-ring (bicyclic) bond motifs is 1. The lowest BCUT2D eigenvalue weighted by molar-refractivity contribution is 0.415. The summed E-state index contributed by atoms with van der Waals surface area (Å²) in [5.41, 5.74) is 7.63. The molecule has 2 aromatic heterocycles. The Morgan fingerprint density at radius 3 is 2.90 bits per heavy atom. The van der Waals surface area contributed by atoms with Crippen LogP contribution in [0.2, 0.25) is 0 Å². The van der Waals surface area contributed by atoms with E-state index in [2.05, 4.69) is 15.3 Å². The Kier molecular flexibility index (Phi) is 2.43. The van der Waals surface area contributed by atoms with Gasteiger partial charge in [0.2, 0.25) is 4.96 Å². The number of anilines is 1. The number of benzene rings is 1. The highest BCUT2D eigenvalue weighted by atomic mass is 32.1. The first-order valence-electron chi connectivity index (χ1n) is 6.42. The molecule has 0 radical (unpaired) electrons. The van der Waals surface area contributed by atoms with E-state index < -0.39 is 0 Å². The van der Waals surface area contributed by atoms with E-state index in [4.69, 9.17) is 10.5 Å². The van der Waals surface area contributed by atoms with Crippen LogP contribution >= 0.6 is 11.3 Å². The molecule has 102 valence electrons. The second-order valence-corrected chi connectivity index (χ2v) is 5.84. The van der Waals surface area contributed by atoms with Gasteiger partial charge in [-0.15, -0.1) is 10.2 Å². The zero-order valence-corrected chi connectivity index (χ0v) is 11.7. The fourth-order valence-electron chi connectivity index (χ4n) is 2.20. The number of hydrogen-bond donors (Lipinski definition) is 1. The van der Waals surface area contributed by atoms with E-state index in [1.54, 1.807) is 13.2 Å². The highest BCUT2D eigenvalue weighted by Crippen LogP contribution is 2.40. The van der Waals surface area contributed by atoms with Gasteiger partial charge in [0, 0.05) is 23.2 Å². The molecule has 1 aliphatic carbocycles. The molecular weight excluding hydrogens is 274 g/mol. The number of ether oxygens (including phenoxy) is 1. The minimum atomic E-state index is 0.521. The molecule has 1 aliphatic rings. The number of nitrogen functional groups attached to an aromatic ring is 1. The number of hydrogen-bond acceptors (Lipinski definition) is 6. The van der Waals surface area contributed by atoms with Gasteiger partial charge in [0.25, 0.3) is 0 Å². The van der Waals surface area contributed by atoms with E-state index in [1.165, 1.54) is 24.2 Å². The van der Waals surface area contributed by atoms with Crippen LogP contribution in [0.3, 0.4) is 0 Å². The highest BCUT2D eigenvalue weighted by Gasteiger charge is 2.30. The summed E-state index contributed by atoms with van der Waals surface area (Å²) in [5.74, 6) is 2.23. The molecule has 0 spiro atoms. The maximum atomic E-state index is 6.07. The van der Waals surface area contributed by atoms with Crippen molar-refractivity contribution in [2.75, 3.05) is 12.8 Å². The van der Waals surface area contributed by atoms with Gasteiger partial charge >= 0.3 is 0 Å². The summed E-state index contributed by atoms with van der Waals surface area (Å²) in [6, 6.07) is 5.62. The highest BCUT2D eigenvalue weighted by molar-refractivity contribution is 7.19. The predicted octanol–water partition coefficient (Wildman–Crippen LogP) is 2.32. The van der Waals surface area contributed by atoms with E-state index in [-0.39, 0.29) is 0 Å². The molecule has 3 aromatic rings. The van der Waals surface area contributed by atoms with E-state index in [0.717, 1.165) is 27.1 Å². The van der Waals surface area contributed by atoms with Gasteiger partial charge in [-0.1, -0.05) is 11.3 Å². The van der Waals surface area contributed by atoms with Crippen molar-refractivity contribution in [1.82, 2.24) is 19.8 Å². The molecule has 20 heavy (non-hydrogen) atoms. The Morgan fingerprint density at radius 2 is 2.20 bits per heavy atom. The average molecular weight is 287 g/mol. The lowest BCUT2D eigenvalue weighted by Crippen LogP contribution is -1.95. The summed E-state index contributed by atoms with van der Waals surface area (Å²) < 4.78 is 7.01. The molecule has 1 saturated carbocycles. The molecule has 0 amide bonds. The van der Waals surface area contributed by atoms with Crippen LogP contribution in [0.15, 0.2) is 18.2 Å². The van der Waals surface area contributed by atoms with Gasteiger partial charge in [0.15, 0.2) is 5.82 Å². The second-order valence-electron chi connectivity index (χ2n) is 4.89. The lowest BCUT2D eigenvalue weighted by atomic mass is 10.2. The Labute approximate surface area is 119 Å². The number of nitrogens with two attached hydrogens (primary N) is 1. The van der Waals surface area contributed by atoms with Gasteiger partial charge in [-0.2, -0.15) is 9.61 Å². The van der Waals surface area contributed by atoms with Gasteiger partial charge < -0.3 is 10.5 Å². The normalized spacial score (nSPS) is 14.8. The van der Waals surface area contributed by atoms with Crippen LogP contribution in [0.25, 0.3) is 15.5 Å². The van der Waals surface area contributed by atoms with Gasteiger partial charge in [0.05, 0.1) is 7.11 Å². The number of nitrogens with zero attached hydrogens (tertiary/aromatic N) is 4. The van der Waals surface area contributed by atoms with Crippen LogP contribution in [0.4, 0.5) is 5.69 Å². The van der Waals surface area contributed by atoms with E-state index in [9.17, 15) is 0 Å². The van der Waals surface area contributed by atoms with Crippen molar-refractivity contribution in [2.45, 2.75) is 18.8 Å². The van der Waals surface area contributed by atoms with Crippen molar-refractivity contribution in [2.24, 2.45) is 0 Å². The first-order chi connectivity index (χ1) is 9.76. The summed E-state index contributed by atoms with van der Waals surface area (Å²) in [5, 5.41) is 13.9. The van der Waals surface area contributed by atoms with Gasteiger partial charge in [-0.05, 0) is 25.0 Å². The zero-order valence-electron chi connectivity index (χ0n) is 10.9. The molecule has 6 nitrogen and oxygen atoms in total. The average Bonchev–Trinajstić information content (AvgIpc) is 3.08. The van der Waals surface area contributed by atoms with Crippen molar-refractivity contribution in [3.05, 3.63) is 24.0 Å². The summed E-state index contributed by atoms with van der Waals surface area (Å²) in [6.45, 7) is 0. The van der Waals surface area contributed by atoms with Crippen LogP contribution < -0.4 is 10.5 Å². The van der Waals surface area contributed by atoms with E-state index in [1.807, 2.05) is 16.6 Å². The second kappa shape index (κ2) is 4.17. The fraction of sp³-hybridized carbons (Fsp3) is 0.308. The minimum absolute atomic E-state index is 0.521. The molecule has 2 N–H and O–H groups in total. The molecule has 7 heteroatoms. The van der Waals surface area contributed by atoms with Crippen molar-refractivity contribution in [1.29, 1.82) is 0 Å². The topological polar surface area (TPSA) is 78.3 Å². The zero-order chi connectivity index (χ0) is 13.7. The molecule has 0 unspecified atom stereocenters. The van der Waals surface area contributed by atoms with Crippen LogP contribution in [0, 0.1) is 0 Å². The molecule has 0 saturated heterocycles. The Bertz CT molecular complexity index is 789. The maximum absolute atomic E-state index is 6.07. The molecule has 2 heterocycles. The molecule has 0 aliphatic heterocycles. The molecule has 4 rings (SSSR count). The van der Waals surface area contributed by atoms with Crippen LogP contribution in [-0.2, 0) is 0 Å². The Morgan fingerprint density at radius 1 is 1.35 bits per heavy atom. The molecule has 1 aromatic carbocycles. The van der Waals surface area contributed by atoms with Crippen LogP contribution in [0.1, 0.15) is 24.6 Å². The maximum Gasteiger partial charge on any atom is 0.234 e. The summed E-state index contributed by atoms with van der Waals surface area (Å²) in [7, 11) is 1.62. The minimum Gasteiger partial charge on any atom is -0.497 e. The first kappa shape index (κ1) is 11.7. The quantitative estimate of drug-likeness (QED) is 0.748. The third-order valence-electron chi connectivity index (χ3n) is 3.45. The van der Waals surface area contributed by atoms with Crippen molar-refractivity contribution in [3.8, 4) is 16.3 Å². The van der Waals surface area contributed by atoms with Crippen LogP contribution in [0.5, 0.6) is 5.75 Å². The Hall–Kier alpha value is -2.15. The fourth-order valence-corrected chi connectivity index (χ4v) is 3.09. The van der Waals surface area contributed by atoms with Crippen LogP contribution in [-0.4, -0.2) is 26.9 Å². The SMILES string of the molecule is COc1ccc(-c2nn3c(C4CC4)nnc3s2)c(N)c1. The monoisotopic (exact) mass is 287 g/mol. The largest absolute Gasteiger partial charge is 0.497 e. The smallest absolute Gasteiger partial charge is 0.234 e. The molecule has 0 atom stereocenters. The summed E-state index contributed by atoms with van der Waals surface area (Å²) in [6.07, 6.45) is 2.36. The van der Waals surface area contributed by atoms with Gasteiger partial charge in [-0.3, -0.25) is 0 Å². The number of aromatic nitrogens is 4. The lowest BCUT2D eigenvalue weighted by Gasteiger charge is -2.04. The van der Waals surface area contributed by atoms with E-state index in [0.29, 0.717) is 11.6 Å². The van der Waals surface area contributed by atoms with Crippen molar-refractivity contribution < 1.29 is 4.74 Å². The molecular formula is C13H13N5OS. The number of methoxy groups -OCH3 is 1. The standard InChI is InChI=1S/C13H13N5OS/c1-19-8-4-5-9(10(14)6-8)12-17-18-11(7-2-3-7)15-16-13(18)20-12/h4-7H,2-3,14H2,1H3. The summed E-state index contributed by atoms with van der Waals surface area (Å²) in [4.78, 5) is 0.817. The number of rotatable bonds is 3. The Balaban J connectivity index is 1.81. The summed E-state index contributed by atoms with van der Waals surface area (Å²) >= 11 is 1.50. The van der Waals surface area contributed by atoms with E-state index >= 15 is 0 Å². The molecule has 0 bridgehead atoms. The third-order valence-corrected chi connectivity index (χ3v) is 4.38. The third kappa shape index (κ3) is 1.74. The van der Waals surface area contributed by atoms with Crippen molar-refractivity contribution >= 4 is 22.0 Å². The first-order valence-corrected chi connectivity index (χ1v) is 7.24. The predicted molar refractivity (Wildman–Crippen MR) is 77.0 cm³/mol. The molecule has 1 fully saturated rings. The van der Waals surface area contributed by atoms with Gasteiger partial charge in [-0.25, -0.2) is 0 Å². The van der Waals surface area contributed by atoms with Crippen molar-refractivity contribution in [3.63, 3.8) is 0 Å².